The van der Waals surface area contributed by atoms with Crippen LogP contribution in [0.2, 0.25) is 0 Å². The minimum Gasteiger partial charge on any atom is -0.381 e. The first-order chi connectivity index (χ1) is 17.6. The Balaban J connectivity index is 1.30. The Morgan fingerprint density at radius 1 is 1.14 bits per heavy atom. The maximum atomic E-state index is 13.6. The normalized spacial score (nSPS) is 17.8. The second-order valence-electron chi connectivity index (χ2n) is 9.65. The number of amides is 1. The largest absolute Gasteiger partial charge is 0.381 e. The number of aryl methyl sites for hydroxylation is 1. The number of H-pyrrole nitrogens is 1. The summed E-state index contributed by atoms with van der Waals surface area (Å²) in [4.78, 5) is 33.6. The van der Waals surface area contributed by atoms with Gasteiger partial charge in [-0.05, 0) is 49.6 Å². The second-order valence-corrected chi connectivity index (χ2v) is 9.65. The van der Waals surface area contributed by atoms with E-state index in [1.54, 1.807) is 12.4 Å². The number of pyridine rings is 1. The number of carbonyl (C=O) groups is 1. The maximum Gasteiger partial charge on any atom is 0.259 e. The third-order valence-electron chi connectivity index (χ3n) is 7.35. The van der Waals surface area contributed by atoms with E-state index in [0.29, 0.717) is 37.3 Å². The number of piperazine rings is 1. The molecule has 10 heteroatoms. The summed E-state index contributed by atoms with van der Waals surface area (Å²) in [6, 6.07) is 7.88. The van der Waals surface area contributed by atoms with Gasteiger partial charge < -0.3 is 14.6 Å². The summed E-state index contributed by atoms with van der Waals surface area (Å²) < 4.78 is 7.49. The number of fused-ring (bicyclic) bond motifs is 3. The third kappa shape index (κ3) is 4.16. The predicted octanol–water partition coefficient (Wildman–Crippen LogP) is 2.29. The molecular weight excluding hydrogens is 458 g/mol. The van der Waals surface area contributed by atoms with Gasteiger partial charge in [0.2, 0.25) is 0 Å². The Bertz CT molecular complexity index is 1470. The molecule has 4 aromatic rings. The van der Waals surface area contributed by atoms with Crippen LogP contribution in [0.15, 0.2) is 41.5 Å². The number of nitrogens with one attached hydrogen (secondary N) is 1. The summed E-state index contributed by atoms with van der Waals surface area (Å²) in [6.07, 6.45) is 5.01. The SMILES string of the molecule is Cc1cc2[nH]c(=O)c3cnn(C4CCOCC4)c3c2cc1C(=O)N1CCN(Cc2cccnn2)CC1. The molecule has 0 radical (unpaired) electrons. The number of aromatic amines is 1. The molecule has 2 aliphatic heterocycles. The first-order valence-electron chi connectivity index (χ1n) is 12.5. The van der Waals surface area contributed by atoms with Gasteiger partial charge in [0.25, 0.3) is 11.5 Å². The third-order valence-corrected chi connectivity index (χ3v) is 7.35. The maximum absolute atomic E-state index is 13.6. The molecule has 36 heavy (non-hydrogen) atoms. The van der Waals surface area contributed by atoms with Crippen molar-refractivity contribution in [2.75, 3.05) is 39.4 Å². The zero-order valence-corrected chi connectivity index (χ0v) is 20.3. The predicted molar refractivity (Wildman–Crippen MR) is 135 cm³/mol. The van der Waals surface area contributed by atoms with E-state index in [2.05, 4.69) is 25.2 Å². The summed E-state index contributed by atoms with van der Waals surface area (Å²) in [5.41, 5.74) is 3.81. The van der Waals surface area contributed by atoms with Crippen LogP contribution in [-0.4, -0.2) is 80.1 Å². The minimum absolute atomic E-state index is 0.0186. The average molecular weight is 488 g/mol. The van der Waals surface area contributed by atoms with Crippen molar-refractivity contribution in [3.05, 3.63) is 63.8 Å². The number of aromatic nitrogens is 5. The Labute approximate surface area is 207 Å². The molecule has 2 fully saturated rings. The van der Waals surface area contributed by atoms with Crippen LogP contribution in [0, 0.1) is 6.92 Å². The standard InChI is InChI=1S/C26H29N7O3/c1-17-13-23-21(24-22(25(34)29-23)15-28-33(24)19-4-11-36-12-5-19)14-20(17)26(35)32-9-7-31(8-10-32)16-18-3-2-6-27-30-18/h2-3,6,13-15,19H,4-5,7-12,16H2,1H3,(H,29,34). The van der Waals surface area contributed by atoms with Crippen molar-refractivity contribution in [1.29, 1.82) is 0 Å². The highest BCUT2D eigenvalue weighted by atomic mass is 16.5. The summed E-state index contributed by atoms with van der Waals surface area (Å²) in [7, 11) is 0. The molecule has 2 saturated heterocycles. The van der Waals surface area contributed by atoms with Crippen LogP contribution < -0.4 is 5.56 Å². The van der Waals surface area contributed by atoms with Crippen molar-refractivity contribution in [2.24, 2.45) is 0 Å². The number of rotatable bonds is 4. The Hall–Kier alpha value is -3.63. The van der Waals surface area contributed by atoms with Crippen LogP contribution in [0.3, 0.4) is 0 Å². The lowest BCUT2D eigenvalue weighted by Gasteiger charge is -2.34. The fraction of sp³-hybridized carbons (Fsp3) is 0.423. The molecule has 1 aromatic carbocycles. The topological polar surface area (TPSA) is 109 Å². The van der Waals surface area contributed by atoms with Crippen molar-refractivity contribution >= 4 is 27.7 Å². The molecule has 5 heterocycles. The van der Waals surface area contributed by atoms with Gasteiger partial charge in [-0.15, -0.1) is 0 Å². The second kappa shape index (κ2) is 9.44. The summed E-state index contributed by atoms with van der Waals surface area (Å²) in [5, 5.41) is 14.1. The lowest BCUT2D eigenvalue weighted by Crippen LogP contribution is -2.48. The van der Waals surface area contributed by atoms with Crippen molar-refractivity contribution < 1.29 is 9.53 Å². The molecular formula is C26H29N7O3. The van der Waals surface area contributed by atoms with Crippen molar-refractivity contribution in [3.63, 3.8) is 0 Å². The number of hydrogen-bond acceptors (Lipinski definition) is 7. The van der Waals surface area contributed by atoms with Crippen LogP contribution >= 0.6 is 0 Å². The van der Waals surface area contributed by atoms with Crippen LogP contribution in [-0.2, 0) is 11.3 Å². The van der Waals surface area contributed by atoms with Gasteiger partial charge in [-0.25, -0.2) is 0 Å². The summed E-state index contributed by atoms with van der Waals surface area (Å²) in [6.45, 7) is 6.88. The van der Waals surface area contributed by atoms with Gasteiger partial charge in [0.15, 0.2) is 0 Å². The zero-order chi connectivity index (χ0) is 24.6. The number of nitrogens with zero attached hydrogens (tertiary/aromatic N) is 6. The highest BCUT2D eigenvalue weighted by Gasteiger charge is 2.26. The van der Waals surface area contributed by atoms with Crippen LogP contribution in [0.25, 0.3) is 21.8 Å². The Morgan fingerprint density at radius 2 is 1.94 bits per heavy atom. The smallest absolute Gasteiger partial charge is 0.259 e. The molecule has 0 aliphatic carbocycles. The molecule has 0 saturated carbocycles. The van der Waals surface area contributed by atoms with E-state index in [9.17, 15) is 9.59 Å². The van der Waals surface area contributed by atoms with E-state index in [1.165, 1.54) is 0 Å². The molecule has 3 aromatic heterocycles. The molecule has 2 aliphatic rings. The van der Waals surface area contributed by atoms with Gasteiger partial charge in [-0.3, -0.25) is 19.2 Å². The highest BCUT2D eigenvalue weighted by Crippen LogP contribution is 2.30. The molecule has 0 atom stereocenters. The van der Waals surface area contributed by atoms with E-state index in [0.717, 1.165) is 60.2 Å². The van der Waals surface area contributed by atoms with Crippen LogP contribution in [0.1, 0.15) is 40.5 Å². The molecule has 0 unspecified atom stereocenters. The van der Waals surface area contributed by atoms with Crippen molar-refractivity contribution in [2.45, 2.75) is 32.4 Å². The zero-order valence-electron chi connectivity index (χ0n) is 20.3. The number of benzene rings is 1. The van der Waals surface area contributed by atoms with E-state index in [1.807, 2.05) is 40.8 Å². The number of hydrogen-bond donors (Lipinski definition) is 1. The van der Waals surface area contributed by atoms with Gasteiger partial charge >= 0.3 is 0 Å². The van der Waals surface area contributed by atoms with Crippen LogP contribution in [0.5, 0.6) is 0 Å². The van der Waals surface area contributed by atoms with Gasteiger partial charge in [-0.1, -0.05) is 0 Å². The highest BCUT2D eigenvalue weighted by molar-refractivity contribution is 6.07. The van der Waals surface area contributed by atoms with Gasteiger partial charge in [-0.2, -0.15) is 15.3 Å². The number of carbonyl (C=O) groups excluding carboxylic acids is 1. The van der Waals surface area contributed by atoms with Crippen molar-refractivity contribution in [1.82, 2.24) is 34.8 Å². The number of ether oxygens (including phenoxy) is 1. The lowest BCUT2D eigenvalue weighted by molar-refractivity contribution is 0.0626. The fourth-order valence-corrected chi connectivity index (χ4v) is 5.36. The van der Waals surface area contributed by atoms with E-state index in [-0.39, 0.29) is 17.5 Å². The molecule has 186 valence electrons. The first kappa shape index (κ1) is 22.8. The molecule has 0 spiro atoms. The lowest BCUT2D eigenvalue weighted by atomic mass is 10.0. The minimum atomic E-state index is -0.159. The molecule has 6 rings (SSSR count). The fourth-order valence-electron chi connectivity index (χ4n) is 5.36. The summed E-state index contributed by atoms with van der Waals surface area (Å²) >= 11 is 0. The van der Waals surface area contributed by atoms with Gasteiger partial charge in [0.1, 0.15) is 0 Å². The van der Waals surface area contributed by atoms with Crippen molar-refractivity contribution in [3.8, 4) is 0 Å². The Morgan fingerprint density at radius 3 is 2.69 bits per heavy atom. The first-order valence-corrected chi connectivity index (χ1v) is 12.5. The molecule has 1 amide bonds. The van der Waals surface area contributed by atoms with Crippen LogP contribution in [0.4, 0.5) is 0 Å². The molecule has 1 N–H and O–H groups in total. The van der Waals surface area contributed by atoms with E-state index < -0.39 is 0 Å². The molecule has 10 nitrogen and oxygen atoms in total. The van der Waals surface area contributed by atoms with E-state index >= 15 is 0 Å². The van der Waals surface area contributed by atoms with Gasteiger partial charge in [0, 0.05) is 63.1 Å². The summed E-state index contributed by atoms with van der Waals surface area (Å²) in [5.74, 6) is 0.0186. The van der Waals surface area contributed by atoms with Gasteiger partial charge in [0.05, 0.1) is 34.4 Å². The average Bonchev–Trinajstić information content (AvgIpc) is 3.36. The van der Waals surface area contributed by atoms with E-state index in [4.69, 9.17) is 4.74 Å². The quantitative estimate of drug-likeness (QED) is 0.470. The Kier molecular flexibility index (Phi) is 5.98. The monoisotopic (exact) mass is 487 g/mol. The molecule has 0 bridgehead atoms.